The highest BCUT2D eigenvalue weighted by atomic mass is 79.9. The molecule has 2 rings (SSSR count). The second-order valence-corrected chi connectivity index (χ2v) is 5.15. The van der Waals surface area contributed by atoms with E-state index >= 15 is 0 Å². The number of rotatable bonds is 6. The third kappa shape index (κ3) is 4.12. The quantitative estimate of drug-likeness (QED) is 0.798. The van der Waals surface area contributed by atoms with Crippen LogP contribution in [0.2, 0.25) is 0 Å². The zero-order valence-corrected chi connectivity index (χ0v) is 12.2. The SMILES string of the molecule is CC(O)CCNCc1nnc(-c2ccccc2Br)o1. The zero-order valence-electron chi connectivity index (χ0n) is 10.6. The third-order valence-electron chi connectivity index (χ3n) is 2.59. The highest BCUT2D eigenvalue weighted by Gasteiger charge is 2.10. The molecule has 1 unspecified atom stereocenters. The summed E-state index contributed by atoms with van der Waals surface area (Å²) >= 11 is 3.45. The predicted molar refractivity (Wildman–Crippen MR) is 75.4 cm³/mol. The van der Waals surface area contributed by atoms with Crippen molar-refractivity contribution in [3.8, 4) is 11.5 Å². The van der Waals surface area contributed by atoms with Crippen LogP contribution in [0.1, 0.15) is 19.2 Å². The first kappa shape index (κ1) is 14.2. The average molecular weight is 326 g/mol. The number of benzene rings is 1. The van der Waals surface area contributed by atoms with Crippen molar-refractivity contribution < 1.29 is 9.52 Å². The molecule has 0 amide bonds. The van der Waals surface area contributed by atoms with Gasteiger partial charge in [-0.3, -0.25) is 0 Å². The fraction of sp³-hybridized carbons (Fsp3) is 0.385. The smallest absolute Gasteiger partial charge is 0.248 e. The van der Waals surface area contributed by atoms with Crippen molar-refractivity contribution in [2.75, 3.05) is 6.54 Å². The standard InChI is InChI=1S/C13H16BrN3O2/c1-9(18)6-7-15-8-12-16-17-13(19-12)10-4-2-3-5-11(10)14/h2-5,9,15,18H,6-8H2,1H3. The fourth-order valence-corrected chi connectivity index (χ4v) is 2.03. The van der Waals surface area contributed by atoms with E-state index in [1.54, 1.807) is 6.92 Å². The lowest BCUT2D eigenvalue weighted by molar-refractivity contribution is 0.183. The Bertz CT molecular complexity index is 528. The molecule has 0 aliphatic rings. The van der Waals surface area contributed by atoms with Crippen LogP contribution >= 0.6 is 15.9 Å². The van der Waals surface area contributed by atoms with Crippen molar-refractivity contribution in [1.82, 2.24) is 15.5 Å². The Kier molecular flexibility index (Phi) is 5.07. The first-order chi connectivity index (χ1) is 9.16. The van der Waals surface area contributed by atoms with Gasteiger partial charge in [-0.05, 0) is 48.0 Å². The van der Waals surface area contributed by atoms with Crippen LogP contribution in [0.4, 0.5) is 0 Å². The molecule has 0 radical (unpaired) electrons. The maximum absolute atomic E-state index is 9.14. The summed E-state index contributed by atoms with van der Waals surface area (Å²) in [7, 11) is 0. The summed E-state index contributed by atoms with van der Waals surface area (Å²) in [5.74, 6) is 1.04. The van der Waals surface area contributed by atoms with Gasteiger partial charge in [-0.25, -0.2) is 0 Å². The molecule has 1 aromatic carbocycles. The molecular weight excluding hydrogens is 310 g/mol. The minimum atomic E-state index is -0.300. The number of hydrogen-bond acceptors (Lipinski definition) is 5. The van der Waals surface area contributed by atoms with E-state index in [0.29, 0.717) is 31.3 Å². The Morgan fingerprint density at radius 3 is 2.89 bits per heavy atom. The molecule has 0 saturated carbocycles. The molecule has 0 fully saturated rings. The van der Waals surface area contributed by atoms with Gasteiger partial charge >= 0.3 is 0 Å². The number of aliphatic hydroxyl groups excluding tert-OH is 1. The Balaban J connectivity index is 1.94. The normalized spacial score (nSPS) is 12.6. The molecule has 0 spiro atoms. The van der Waals surface area contributed by atoms with Crippen molar-refractivity contribution in [3.05, 3.63) is 34.6 Å². The monoisotopic (exact) mass is 325 g/mol. The summed E-state index contributed by atoms with van der Waals surface area (Å²) in [5, 5.41) is 20.3. The number of nitrogens with one attached hydrogen (secondary N) is 1. The third-order valence-corrected chi connectivity index (χ3v) is 3.28. The molecule has 102 valence electrons. The molecule has 6 heteroatoms. The van der Waals surface area contributed by atoms with Gasteiger partial charge in [0, 0.05) is 4.47 Å². The van der Waals surface area contributed by atoms with Gasteiger partial charge in [0.1, 0.15) is 0 Å². The van der Waals surface area contributed by atoms with Crippen LogP contribution in [-0.4, -0.2) is 28.0 Å². The number of aliphatic hydroxyl groups is 1. The van der Waals surface area contributed by atoms with E-state index in [0.717, 1.165) is 10.0 Å². The van der Waals surface area contributed by atoms with Crippen molar-refractivity contribution >= 4 is 15.9 Å². The Morgan fingerprint density at radius 2 is 2.16 bits per heavy atom. The van der Waals surface area contributed by atoms with Crippen LogP contribution in [0.15, 0.2) is 33.2 Å². The number of nitrogens with zero attached hydrogens (tertiary/aromatic N) is 2. The first-order valence-electron chi connectivity index (χ1n) is 6.13. The minimum Gasteiger partial charge on any atom is -0.419 e. The maximum Gasteiger partial charge on any atom is 0.248 e. The lowest BCUT2D eigenvalue weighted by Crippen LogP contribution is -2.18. The van der Waals surface area contributed by atoms with E-state index in [1.165, 1.54) is 0 Å². The molecule has 0 saturated heterocycles. The molecule has 0 aliphatic carbocycles. The Labute approximate surface area is 120 Å². The van der Waals surface area contributed by atoms with Gasteiger partial charge in [-0.15, -0.1) is 10.2 Å². The second-order valence-electron chi connectivity index (χ2n) is 4.30. The molecule has 2 aromatic rings. The molecular formula is C13H16BrN3O2. The summed E-state index contributed by atoms with van der Waals surface area (Å²) in [6.45, 7) is 2.98. The highest BCUT2D eigenvalue weighted by molar-refractivity contribution is 9.10. The fourth-order valence-electron chi connectivity index (χ4n) is 1.57. The molecule has 0 aliphatic heterocycles. The average Bonchev–Trinajstić information content (AvgIpc) is 2.83. The topological polar surface area (TPSA) is 71.2 Å². The largest absolute Gasteiger partial charge is 0.419 e. The summed E-state index contributed by atoms with van der Waals surface area (Å²) in [5.41, 5.74) is 0.880. The molecule has 1 aromatic heterocycles. The lowest BCUT2D eigenvalue weighted by Gasteiger charge is -2.03. The van der Waals surface area contributed by atoms with Crippen LogP contribution in [-0.2, 0) is 6.54 Å². The van der Waals surface area contributed by atoms with Crippen LogP contribution in [0, 0.1) is 0 Å². The minimum absolute atomic E-state index is 0.300. The van der Waals surface area contributed by atoms with Gasteiger partial charge in [0.2, 0.25) is 11.8 Å². The van der Waals surface area contributed by atoms with Gasteiger partial charge in [-0.2, -0.15) is 0 Å². The van der Waals surface area contributed by atoms with E-state index < -0.39 is 0 Å². The number of halogens is 1. The van der Waals surface area contributed by atoms with E-state index in [1.807, 2.05) is 24.3 Å². The van der Waals surface area contributed by atoms with E-state index in [2.05, 4.69) is 31.4 Å². The predicted octanol–water partition coefficient (Wildman–Crippen LogP) is 2.36. The van der Waals surface area contributed by atoms with Crippen molar-refractivity contribution in [2.24, 2.45) is 0 Å². The molecule has 5 nitrogen and oxygen atoms in total. The molecule has 19 heavy (non-hydrogen) atoms. The Morgan fingerprint density at radius 1 is 1.37 bits per heavy atom. The first-order valence-corrected chi connectivity index (χ1v) is 6.92. The zero-order chi connectivity index (χ0) is 13.7. The highest BCUT2D eigenvalue weighted by Crippen LogP contribution is 2.26. The van der Waals surface area contributed by atoms with E-state index in [-0.39, 0.29) is 6.10 Å². The van der Waals surface area contributed by atoms with Gasteiger partial charge in [0.05, 0.1) is 18.2 Å². The summed E-state index contributed by atoms with van der Waals surface area (Å²) in [6, 6.07) is 7.70. The maximum atomic E-state index is 9.14. The number of hydrogen-bond donors (Lipinski definition) is 2. The molecule has 1 atom stereocenters. The lowest BCUT2D eigenvalue weighted by atomic mass is 10.2. The molecule has 2 N–H and O–H groups in total. The summed E-state index contributed by atoms with van der Waals surface area (Å²) in [6.07, 6.45) is 0.400. The van der Waals surface area contributed by atoms with Crippen LogP contribution in [0.3, 0.4) is 0 Å². The number of aromatic nitrogens is 2. The molecule has 1 heterocycles. The van der Waals surface area contributed by atoms with Crippen molar-refractivity contribution in [2.45, 2.75) is 26.0 Å². The summed E-state index contributed by atoms with van der Waals surface area (Å²) in [4.78, 5) is 0. The van der Waals surface area contributed by atoms with Gasteiger partial charge < -0.3 is 14.8 Å². The van der Waals surface area contributed by atoms with E-state index in [9.17, 15) is 0 Å². The van der Waals surface area contributed by atoms with Gasteiger partial charge in [0.15, 0.2) is 0 Å². The molecule has 0 bridgehead atoms. The van der Waals surface area contributed by atoms with Crippen molar-refractivity contribution in [1.29, 1.82) is 0 Å². The van der Waals surface area contributed by atoms with Gasteiger partial charge in [0.25, 0.3) is 0 Å². The van der Waals surface area contributed by atoms with Crippen molar-refractivity contribution in [3.63, 3.8) is 0 Å². The van der Waals surface area contributed by atoms with Gasteiger partial charge in [-0.1, -0.05) is 12.1 Å². The van der Waals surface area contributed by atoms with Crippen LogP contribution in [0.5, 0.6) is 0 Å². The van der Waals surface area contributed by atoms with E-state index in [4.69, 9.17) is 9.52 Å². The van der Waals surface area contributed by atoms with Crippen LogP contribution < -0.4 is 5.32 Å². The van der Waals surface area contributed by atoms with Crippen LogP contribution in [0.25, 0.3) is 11.5 Å². The second kappa shape index (κ2) is 6.79. The summed E-state index contributed by atoms with van der Waals surface area (Å²) < 4.78 is 6.50. The Hall–Kier alpha value is -1.24.